The molecule has 0 aliphatic heterocycles. The molecule has 5 nitrogen and oxygen atoms in total. The van der Waals surface area contributed by atoms with Gasteiger partial charge in [-0.05, 0) is 67.7 Å². The van der Waals surface area contributed by atoms with Crippen LogP contribution in [0.25, 0.3) is 0 Å². The average Bonchev–Trinajstić information content (AvgIpc) is 3.00. The number of fused-ring (bicyclic) bond motifs is 1. The first-order valence-electron chi connectivity index (χ1n) is 8.33. The molecule has 1 heterocycles. The molecule has 0 radical (unpaired) electrons. The predicted molar refractivity (Wildman–Crippen MR) is 105 cm³/mol. The summed E-state index contributed by atoms with van der Waals surface area (Å²) in [6.45, 7) is -2.87. The van der Waals surface area contributed by atoms with E-state index in [1.807, 2.05) is 0 Å². The van der Waals surface area contributed by atoms with Crippen LogP contribution in [0, 0.1) is 0 Å². The summed E-state index contributed by atoms with van der Waals surface area (Å²) in [5, 5.41) is 6.98. The standard InChI is InChI=1S/C18H18F2N2O3S2/c1-24-16(23)14-12-4-2-3-5-13(12)27-15(14)22-18(26)21-10-6-8-11(9-7-10)25-17(19)20/h6-9,17H,2-5H2,1H3,(H2,21,22,26). The number of thiocarbonyl (C=S) groups is 1. The Morgan fingerprint density at radius 3 is 2.56 bits per heavy atom. The Morgan fingerprint density at radius 2 is 1.89 bits per heavy atom. The fourth-order valence-corrected chi connectivity index (χ4v) is 4.52. The normalized spacial score (nSPS) is 13.0. The minimum Gasteiger partial charge on any atom is -0.465 e. The fraction of sp³-hybridized carbons (Fsp3) is 0.333. The van der Waals surface area contributed by atoms with Crippen LogP contribution in [0.3, 0.4) is 0 Å². The summed E-state index contributed by atoms with van der Waals surface area (Å²) in [7, 11) is 1.36. The number of benzene rings is 1. The minimum atomic E-state index is -2.87. The zero-order chi connectivity index (χ0) is 19.4. The number of carbonyl (C=O) groups excluding carboxylic acids is 1. The van der Waals surface area contributed by atoms with Gasteiger partial charge in [-0.15, -0.1) is 11.3 Å². The summed E-state index contributed by atoms with van der Waals surface area (Å²) in [6, 6.07) is 5.99. The smallest absolute Gasteiger partial charge is 0.387 e. The van der Waals surface area contributed by atoms with Crippen molar-refractivity contribution in [2.24, 2.45) is 0 Å². The number of rotatable bonds is 5. The maximum atomic E-state index is 12.2. The van der Waals surface area contributed by atoms with Crippen molar-refractivity contribution in [2.75, 3.05) is 17.7 Å². The lowest BCUT2D eigenvalue weighted by Crippen LogP contribution is -2.20. The summed E-state index contributed by atoms with van der Waals surface area (Å²) < 4.78 is 33.6. The van der Waals surface area contributed by atoms with E-state index < -0.39 is 6.61 Å². The van der Waals surface area contributed by atoms with E-state index in [-0.39, 0.29) is 11.7 Å². The van der Waals surface area contributed by atoms with Gasteiger partial charge in [0, 0.05) is 10.6 Å². The number of hydrogen-bond acceptors (Lipinski definition) is 5. The van der Waals surface area contributed by atoms with Gasteiger partial charge in [-0.3, -0.25) is 0 Å². The van der Waals surface area contributed by atoms with E-state index in [9.17, 15) is 13.6 Å². The van der Waals surface area contributed by atoms with Crippen molar-refractivity contribution in [2.45, 2.75) is 32.3 Å². The van der Waals surface area contributed by atoms with Gasteiger partial charge in [-0.25, -0.2) is 4.79 Å². The summed E-state index contributed by atoms with van der Waals surface area (Å²) in [6.07, 6.45) is 3.94. The summed E-state index contributed by atoms with van der Waals surface area (Å²) >= 11 is 6.84. The second-order valence-electron chi connectivity index (χ2n) is 5.89. The van der Waals surface area contributed by atoms with Gasteiger partial charge in [0.25, 0.3) is 0 Å². The molecule has 3 rings (SSSR count). The van der Waals surface area contributed by atoms with Crippen molar-refractivity contribution in [1.82, 2.24) is 0 Å². The summed E-state index contributed by atoms with van der Waals surface area (Å²) in [4.78, 5) is 13.4. The van der Waals surface area contributed by atoms with Gasteiger partial charge in [-0.2, -0.15) is 8.78 Å². The number of methoxy groups -OCH3 is 1. The third kappa shape index (κ3) is 4.72. The van der Waals surface area contributed by atoms with Crippen LogP contribution in [0.1, 0.15) is 33.6 Å². The van der Waals surface area contributed by atoms with Crippen LogP contribution in [0.5, 0.6) is 5.75 Å². The number of ether oxygens (including phenoxy) is 2. The molecule has 27 heavy (non-hydrogen) atoms. The van der Waals surface area contributed by atoms with Crippen molar-refractivity contribution >= 4 is 45.3 Å². The van der Waals surface area contributed by atoms with Crippen LogP contribution >= 0.6 is 23.6 Å². The Morgan fingerprint density at radius 1 is 1.19 bits per heavy atom. The van der Waals surface area contributed by atoms with Gasteiger partial charge in [-0.1, -0.05) is 0 Å². The van der Waals surface area contributed by atoms with E-state index in [1.54, 1.807) is 12.1 Å². The average molecular weight is 412 g/mol. The van der Waals surface area contributed by atoms with Crippen molar-refractivity contribution < 1.29 is 23.0 Å². The second kappa shape index (κ2) is 8.62. The number of halogens is 2. The van der Waals surface area contributed by atoms with Gasteiger partial charge in [0.2, 0.25) is 0 Å². The van der Waals surface area contributed by atoms with Gasteiger partial charge in [0.15, 0.2) is 5.11 Å². The molecule has 0 bridgehead atoms. The molecular weight excluding hydrogens is 394 g/mol. The molecule has 144 valence electrons. The summed E-state index contributed by atoms with van der Waals surface area (Å²) in [5.41, 5.74) is 2.19. The monoisotopic (exact) mass is 412 g/mol. The third-order valence-electron chi connectivity index (χ3n) is 4.13. The first kappa shape index (κ1) is 19.5. The number of nitrogens with one attached hydrogen (secondary N) is 2. The second-order valence-corrected chi connectivity index (χ2v) is 7.40. The topological polar surface area (TPSA) is 59.6 Å². The Balaban J connectivity index is 1.72. The lowest BCUT2D eigenvalue weighted by molar-refractivity contribution is -0.0498. The quantitative estimate of drug-likeness (QED) is 0.542. The van der Waals surface area contributed by atoms with Crippen molar-refractivity contribution in [3.63, 3.8) is 0 Å². The zero-order valence-corrected chi connectivity index (χ0v) is 16.1. The van der Waals surface area contributed by atoms with Gasteiger partial charge in [0.1, 0.15) is 10.8 Å². The Hall–Kier alpha value is -2.26. The minimum absolute atomic E-state index is 0.0633. The molecule has 1 aromatic carbocycles. The van der Waals surface area contributed by atoms with Crippen molar-refractivity contribution in [1.29, 1.82) is 0 Å². The van der Waals surface area contributed by atoms with E-state index in [0.717, 1.165) is 31.2 Å². The van der Waals surface area contributed by atoms with E-state index in [0.29, 0.717) is 21.4 Å². The largest absolute Gasteiger partial charge is 0.465 e. The van der Waals surface area contributed by atoms with Gasteiger partial charge in [0.05, 0.1) is 12.7 Å². The highest BCUT2D eigenvalue weighted by Gasteiger charge is 2.26. The van der Waals surface area contributed by atoms with Crippen LogP contribution in [-0.4, -0.2) is 24.8 Å². The zero-order valence-electron chi connectivity index (χ0n) is 14.5. The molecule has 0 atom stereocenters. The highest BCUT2D eigenvalue weighted by atomic mass is 32.1. The van der Waals surface area contributed by atoms with Gasteiger partial charge < -0.3 is 20.1 Å². The SMILES string of the molecule is COC(=O)c1c(NC(=S)Nc2ccc(OC(F)F)cc2)sc2c1CCCC2. The molecule has 0 fully saturated rings. The summed E-state index contributed by atoms with van der Waals surface area (Å²) in [5.74, 6) is -0.318. The highest BCUT2D eigenvalue weighted by Crippen LogP contribution is 2.38. The molecule has 2 N–H and O–H groups in total. The molecule has 1 aliphatic carbocycles. The molecule has 0 unspecified atom stereocenters. The number of anilines is 2. The maximum Gasteiger partial charge on any atom is 0.387 e. The predicted octanol–water partition coefficient (Wildman–Crippen LogP) is 4.82. The molecular formula is C18H18F2N2O3S2. The molecule has 0 saturated heterocycles. The van der Waals surface area contributed by atoms with Crippen LogP contribution < -0.4 is 15.4 Å². The lowest BCUT2D eigenvalue weighted by Gasteiger charge is -2.13. The Labute approximate surface area is 164 Å². The number of carbonyl (C=O) groups is 1. The maximum absolute atomic E-state index is 12.2. The van der Waals surface area contributed by atoms with Crippen LogP contribution in [0.4, 0.5) is 19.5 Å². The van der Waals surface area contributed by atoms with E-state index in [2.05, 4.69) is 15.4 Å². The van der Waals surface area contributed by atoms with Crippen LogP contribution in [0.2, 0.25) is 0 Å². The number of esters is 1. The molecule has 0 amide bonds. The number of thiophene rings is 1. The first-order valence-corrected chi connectivity index (χ1v) is 9.56. The van der Waals surface area contributed by atoms with Crippen molar-refractivity contribution in [3.05, 3.63) is 40.3 Å². The molecule has 0 saturated carbocycles. The van der Waals surface area contributed by atoms with Crippen LogP contribution in [-0.2, 0) is 17.6 Å². The van der Waals surface area contributed by atoms with Crippen LogP contribution in [0.15, 0.2) is 24.3 Å². The number of hydrogen-bond donors (Lipinski definition) is 2. The third-order valence-corrected chi connectivity index (χ3v) is 5.54. The molecule has 0 spiro atoms. The molecule has 1 aromatic heterocycles. The van der Waals surface area contributed by atoms with Gasteiger partial charge >= 0.3 is 12.6 Å². The molecule has 1 aliphatic rings. The lowest BCUT2D eigenvalue weighted by atomic mass is 9.95. The first-order chi connectivity index (χ1) is 13.0. The fourth-order valence-electron chi connectivity index (χ4n) is 2.96. The number of aryl methyl sites for hydroxylation is 1. The van der Waals surface area contributed by atoms with E-state index >= 15 is 0 Å². The van der Waals surface area contributed by atoms with E-state index in [4.69, 9.17) is 17.0 Å². The molecule has 9 heteroatoms. The molecule has 2 aromatic rings. The Kier molecular flexibility index (Phi) is 6.22. The highest BCUT2D eigenvalue weighted by molar-refractivity contribution is 7.80. The van der Waals surface area contributed by atoms with E-state index in [1.165, 1.54) is 35.5 Å². The Bertz CT molecular complexity index is 838. The van der Waals surface area contributed by atoms with Crippen molar-refractivity contribution in [3.8, 4) is 5.75 Å². The number of alkyl halides is 2.